The van der Waals surface area contributed by atoms with Crippen LogP contribution >= 0.6 is 0 Å². The van der Waals surface area contributed by atoms with Crippen LogP contribution in [0.4, 0.5) is 10.5 Å². The Hall–Kier alpha value is -3.35. The lowest BCUT2D eigenvalue weighted by atomic mass is 10.1. The van der Waals surface area contributed by atoms with Crippen LogP contribution in [0.15, 0.2) is 48.7 Å². The van der Waals surface area contributed by atoms with Crippen molar-refractivity contribution < 1.29 is 9.53 Å². The number of anilines is 1. The zero-order chi connectivity index (χ0) is 18.8. The summed E-state index contributed by atoms with van der Waals surface area (Å²) >= 11 is 0. The molecule has 1 aliphatic heterocycles. The summed E-state index contributed by atoms with van der Waals surface area (Å²) in [6, 6.07) is 13.3. The van der Waals surface area contributed by atoms with E-state index in [9.17, 15) is 4.79 Å². The molecule has 2 amide bonds. The van der Waals surface area contributed by atoms with E-state index in [0.717, 1.165) is 23.6 Å². The molecule has 0 aliphatic carbocycles. The van der Waals surface area contributed by atoms with Crippen LogP contribution in [-0.2, 0) is 6.42 Å². The molecule has 0 spiro atoms. The number of carbonyl (C=O) groups excluding carboxylic acids is 1. The normalized spacial score (nSPS) is 15.1. The number of aryl methyl sites for hydroxylation is 2. The summed E-state index contributed by atoms with van der Waals surface area (Å²) in [4.78, 5) is 16.5. The smallest absolute Gasteiger partial charge is 0.319 e. The number of benzene rings is 1. The van der Waals surface area contributed by atoms with E-state index in [1.165, 1.54) is 5.56 Å². The van der Waals surface area contributed by atoms with Gasteiger partial charge in [0.2, 0.25) is 0 Å². The highest BCUT2D eigenvalue weighted by atomic mass is 16.5. The number of pyridine rings is 1. The molecule has 0 radical (unpaired) electrons. The summed E-state index contributed by atoms with van der Waals surface area (Å²) in [7, 11) is 0. The zero-order valence-corrected chi connectivity index (χ0v) is 15.3. The summed E-state index contributed by atoms with van der Waals surface area (Å²) in [6.07, 6.45) is 2.38. The maximum atomic E-state index is 12.1. The summed E-state index contributed by atoms with van der Waals surface area (Å²) in [5, 5.41) is 10.0. The van der Waals surface area contributed by atoms with Gasteiger partial charge in [-0.05, 0) is 43.7 Å². The topological polar surface area (TPSA) is 81.1 Å². The Labute approximate surface area is 157 Å². The first-order chi connectivity index (χ1) is 13.1. The van der Waals surface area contributed by atoms with Crippen LogP contribution in [0.5, 0.6) is 5.75 Å². The van der Waals surface area contributed by atoms with Crippen LogP contribution in [0, 0.1) is 13.8 Å². The van der Waals surface area contributed by atoms with Gasteiger partial charge in [-0.15, -0.1) is 0 Å². The third-order valence-electron chi connectivity index (χ3n) is 4.44. The minimum atomic E-state index is -0.282. The van der Waals surface area contributed by atoms with E-state index in [0.29, 0.717) is 18.1 Å². The number of nitrogens with zero attached hydrogens (tertiary/aromatic N) is 3. The van der Waals surface area contributed by atoms with Crippen molar-refractivity contribution >= 4 is 11.7 Å². The van der Waals surface area contributed by atoms with Gasteiger partial charge < -0.3 is 15.4 Å². The molecule has 1 aliphatic rings. The number of nitrogens with one attached hydrogen (secondary N) is 2. The molecule has 2 N–H and O–H groups in total. The van der Waals surface area contributed by atoms with E-state index in [2.05, 4.69) is 20.7 Å². The molecular formula is C20H21N5O2. The number of amides is 2. The van der Waals surface area contributed by atoms with Gasteiger partial charge in [0.1, 0.15) is 11.9 Å². The number of hydrogen-bond donors (Lipinski definition) is 2. The van der Waals surface area contributed by atoms with Gasteiger partial charge in [-0.25, -0.2) is 14.5 Å². The van der Waals surface area contributed by atoms with Gasteiger partial charge in [-0.3, -0.25) is 0 Å². The van der Waals surface area contributed by atoms with Crippen molar-refractivity contribution in [3.05, 3.63) is 65.6 Å². The molecule has 0 bridgehead atoms. The summed E-state index contributed by atoms with van der Waals surface area (Å²) < 4.78 is 7.59. The maximum absolute atomic E-state index is 12.1. The second-order valence-corrected chi connectivity index (χ2v) is 6.63. The number of ether oxygens (including phenoxy) is 1. The van der Waals surface area contributed by atoms with Crippen LogP contribution < -0.4 is 15.4 Å². The lowest BCUT2D eigenvalue weighted by Crippen LogP contribution is -2.37. The molecule has 2 aromatic heterocycles. The lowest BCUT2D eigenvalue weighted by molar-refractivity contribution is 0.219. The number of rotatable bonds is 4. The van der Waals surface area contributed by atoms with Crippen molar-refractivity contribution in [2.24, 2.45) is 0 Å². The van der Waals surface area contributed by atoms with Crippen molar-refractivity contribution in [3.8, 4) is 11.6 Å². The van der Waals surface area contributed by atoms with E-state index in [1.54, 1.807) is 16.9 Å². The highest BCUT2D eigenvalue weighted by molar-refractivity contribution is 5.89. The molecule has 138 valence electrons. The lowest BCUT2D eigenvalue weighted by Gasteiger charge is -2.13. The number of urea groups is 1. The van der Waals surface area contributed by atoms with Crippen molar-refractivity contribution in [2.45, 2.75) is 26.4 Å². The third-order valence-corrected chi connectivity index (χ3v) is 4.44. The average Bonchev–Trinajstić information content (AvgIpc) is 3.23. The highest BCUT2D eigenvalue weighted by Crippen LogP contribution is 2.27. The van der Waals surface area contributed by atoms with Gasteiger partial charge in [-0.1, -0.05) is 18.2 Å². The Balaban J connectivity index is 1.30. The Morgan fingerprint density at radius 3 is 2.81 bits per heavy atom. The van der Waals surface area contributed by atoms with Gasteiger partial charge in [0, 0.05) is 12.1 Å². The molecule has 3 aromatic rings. The number of carbonyl (C=O) groups is 1. The van der Waals surface area contributed by atoms with Gasteiger partial charge in [-0.2, -0.15) is 5.10 Å². The first-order valence-electron chi connectivity index (χ1n) is 8.87. The number of aromatic nitrogens is 3. The number of hydrogen-bond acceptors (Lipinski definition) is 4. The highest BCUT2D eigenvalue weighted by Gasteiger charge is 2.22. The van der Waals surface area contributed by atoms with E-state index in [-0.39, 0.29) is 12.1 Å². The van der Waals surface area contributed by atoms with Gasteiger partial charge in [0.05, 0.1) is 24.1 Å². The van der Waals surface area contributed by atoms with Gasteiger partial charge in [0.15, 0.2) is 5.82 Å². The fraction of sp³-hybridized carbons (Fsp3) is 0.250. The molecule has 7 nitrogen and oxygen atoms in total. The fourth-order valence-electron chi connectivity index (χ4n) is 3.20. The van der Waals surface area contributed by atoms with Crippen molar-refractivity contribution in [2.75, 3.05) is 11.9 Å². The van der Waals surface area contributed by atoms with Crippen LogP contribution in [-0.4, -0.2) is 33.4 Å². The average molecular weight is 363 g/mol. The molecule has 0 saturated heterocycles. The van der Waals surface area contributed by atoms with Crippen LogP contribution in [0.2, 0.25) is 0 Å². The van der Waals surface area contributed by atoms with E-state index < -0.39 is 0 Å². The molecule has 0 unspecified atom stereocenters. The minimum absolute atomic E-state index is 0.0420. The maximum Gasteiger partial charge on any atom is 0.319 e. The van der Waals surface area contributed by atoms with Crippen molar-refractivity contribution in [3.63, 3.8) is 0 Å². The molecule has 0 saturated carbocycles. The van der Waals surface area contributed by atoms with Gasteiger partial charge >= 0.3 is 6.03 Å². The number of para-hydroxylation sites is 1. The Bertz CT molecular complexity index is 940. The van der Waals surface area contributed by atoms with Crippen molar-refractivity contribution in [1.82, 2.24) is 20.1 Å². The Morgan fingerprint density at radius 2 is 2.11 bits per heavy atom. The third kappa shape index (κ3) is 3.76. The first kappa shape index (κ1) is 17.1. The predicted molar refractivity (Wildman–Crippen MR) is 102 cm³/mol. The quantitative estimate of drug-likeness (QED) is 0.747. The molecule has 4 rings (SSSR count). The predicted octanol–water partition coefficient (Wildman–Crippen LogP) is 3.01. The molecule has 1 atom stereocenters. The van der Waals surface area contributed by atoms with Crippen LogP contribution in [0.3, 0.4) is 0 Å². The van der Waals surface area contributed by atoms with E-state index >= 15 is 0 Å². The monoisotopic (exact) mass is 363 g/mol. The Kier molecular flexibility index (Phi) is 4.50. The fourth-order valence-corrected chi connectivity index (χ4v) is 3.20. The van der Waals surface area contributed by atoms with Crippen LogP contribution in [0.1, 0.15) is 17.0 Å². The zero-order valence-electron chi connectivity index (χ0n) is 15.3. The van der Waals surface area contributed by atoms with E-state index in [4.69, 9.17) is 4.74 Å². The summed E-state index contributed by atoms with van der Waals surface area (Å²) in [5.74, 6) is 1.61. The second kappa shape index (κ2) is 7.11. The second-order valence-electron chi connectivity index (χ2n) is 6.63. The molecule has 27 heavy (non-hydrogen) atoms. The standard InChI is InChI=1S/C20H21N5O2/c1-13-9-14(2)25(24-13)19-8-7-16(11-21-19)23-20(26)22-12-17-10-15-5-3-4-6-18(15)27-17/h3-9,11,17H,10,12H2,1-2H3,(H2,22,23,26)/t17-/m0/s1. The van der Waals surface area contributed by atoms with Crippen molar-refractivity contribution in [1.29, 1.82) is 0 Å². The molecule has 3 heterocycles. The summed E-state index contributed by atoms with van der Waals surface area (Å²) in [6.45, 7) is 4.36. The molecule has 7 heteroatoms. The largest absolute Gasteiger partial charge is 0.488 e. The molecule has 0 fully saturated rings. The van der Waals surface area contributed by atoms with Gasteiger partial charge in [0.25, 0.3) is 0 Å². The summed E-state index contributed by atoms with van der Waals surface area (Å²) in [5.41, 5.74) is 3.74. The molecule has 1 aromatic carbocycles. The minimum Gasteiger partial charge on any atom is -0.488 e. The SMILES string of the molecule is Cc1cc(C)n(-c2ccc(NC(=O)NC[C@@H]3Cc4ccccc4O3)cn2)n1. The first-order valence-corrected chi connectivity index (χ1v) is 8.87. The Morgan fingerprint density at radius 1 is 1.26 bits per heavy atom. The van der Waals surface area contributed by atoms with Crippen LogP contribution in [0.25, 0.3) is 5.82 Å². The number of fused-ring (bicyclic) bond motifs is 1. The van der Waals surface area contributed by atoms with E-state index in [1.807, 2.05) is 50.2 Å². The molecular weight excluding hydrogens is 342 g/mol.